The fourth-order valence-electron chi connectivity index (χ4n) is 2.59. The maximum absolute atomic E-state index is 12.4. The smallest absolute Gasteiger partial charge is 0.251 e. The van der Waals surface area contributed by atoms with Crippen molar-refractivity contribution in [2.75, 3.05) is 16.3 Å². The van der Waals surface area contributed by atoms with Gasteiger partial charge in [0.2, 0.25) is 15.9 Å². The second-order valence-corrected chi connectivity index (χ2v) is 9.35. The van der Waals surface area contributed by atoms with Gasteiger partial charge in [-0.05, 0) is 42.8 Å². The van der Waals surface area contributed by atoms with Crippen molar-refractivity contribution < 1.29 is 18.0 Å². The van der Waals surface area contributed by atoms with E-state index in [1.54, 1.807) is 36.4 Å². The van der Waals surface area contributed by atoms with Crippen LogP contribution in [0.3, 0.4) is 0 Å². The second-order valence-electron chi connectivity index (χ2n) is 6.22. The zero-order chi connectivity index (χ0) is 19.6. The Labute approximate surface area is 162 Å². The average molecular weight is 406 g/mol. The predicted molar refractivity (Wildman–Crippen MR) is 106 cm³/mol. The van der Waals surface area contributed by atoms with Crippen molar-refractivity contribution >= 4 is 45.0 Å². The third-order valence-electron chi connectivity index (χ3n) is 3.86. The molecule has 2 amide bonds. The lowest BCUT2D eigenvalue weighted by atomic mass is 10.1. The lowest BCUT2D eigenvalue weighted by Gasteiger charge is -2.21. The number of fused-ring (bicyclic) bond motifs is 1. The molecule has 1 aliphatic heterocycles. The zero-order valence-corrected chi connectivity index (χ0v) is 16.4. The molecule has 0 bridgehead atoms. The van der Waals surface area contributed by atoms with Crippen LogP contribution in [0.1, 0.15) is 22.8 Å². The lowest BCUT2D eigenvalue weighted by molar-refractivity contribution is -0.115. The van der Waals surface area contributed by atoms with Crippen LogP contribution in [0.15, 0.2) is 47.4 Å². The lowest BCUT2D eigenvalue weighted by Crippen LogP contribution is -2.27. The van der Waals surface area contributed by atoms with Gasteiger partial charge >= 0.3 is 0 Å². The Balaban J connectivity index is 1.67. The van der Waals surface area contributed by atoms with Gasteiger partial charge in [0.05, 0.1) is 17.2 Å². The van der Waals surface area contributed by atoms with E-state index in [2.05, 4.69) is 15.4 Å². The van der Waals surface area contributed by atoms with E-state index in [4.69, 9.17) is 0 Å². The van der Waals surface area contributed by atoms with Crippen molar-refractivity contribution in [2.24, 2.45) is 0 Å². The minimum atomic E-state index is -3.36. The summed E-state index contributed by atoms with van der Waals surface area (Å²) >= 11 is 1.46. The van der Waals surface area contributed by atoms with Gasteiger partial charge in [0.25, 0.3) is 5.91 Å². The molecule has 0 fully saturated rings. The van der Waals surface area contributed by atoms with Crippen molar-refractivity contribution in [1.82, 2.24) is 5.32 Å². The molecule has 142 valence electrons. The Hall–Kier alpha value is -2.52. The number of anilines is 2. The van der Waals surface area contributed by atoms with Gasteiger partial charge in [0.1, 0.15) is 0 Å². The maximum atomic E-state index is 12.4. The van der Waals surface area contributed by atoms with E-state index in [-0.39, 0.29) is 23.6 Å². The highest BCUT2D eigenvalue weighted by molar-refractivity contribution is 8.01. The summed E-state index contributed by atoms with van der Waals surface area (Å²) in [5.41, 5.74) is 2.27. The van der Waals surface area contributed by atoms with Crippen molar-refractivity contribution in [1.29, 1.82) is 0 Å². The molecule has 0 spiro atoms. The van der Waals surface area contributed by atoms with Crippen molar-refractivity contribution in [3.05, 3.63) is 53.6 Å². The fourth-order valence-corrected chi connectivity index (χ4v) is 4.08. The largest absolute Gasteiger partial charge is 0.348 e. The van der Waals surface area contributed by atoms with Gasteiger partial charge in [-0.25, -0.2) is 8.42 Å². The zero-order valence-electron chi connectivity index (χ0n) is 14.8. The molecule has 3 N–H and O–H groups in total. The number of carbonyl (C=O) groups is 2. The Bertz CT molecular complexity index is 1010. The number of nitrogens with one attached hydrogen (secondary N) is 3. The summed E-state index contributed by atoms with van der Waals surface area (Å²) in [5.74, 6) is -0.364. The highest BCUT2D eigenvalue weighted by Gasteiger charge is 2.23. The first-order chi connectivity index (χ1) is 12.7. The van der Waals surface area contributed by atoms with Crippen LogP contribution in [0.5, 0.6) is 0 Å². The maximum Gasteiger partial charge on any atom is 0.251 e. The van der Waals surface area contributed by atoms with E-state index >= 15 is 0 Å². The highest BCUT2D eigenvalue weighted by Crippen LogP contribution is 2.35. The SMILES string of the molecule is C[C@@H]1Sc2ccc(C(=O)NCc3cccc(NS(C)(=O)=O)c3)cc2NC1=O. The van der Waals surface area contributed by atoms with Crippen LogP contribution in [-0.2, 0) is 21.4 Å². The highest BCUT2D eigenvalue weighted by atomic mass is 32.2. The molecular formula is C18H19N3O4S2. The summed E-state index contributed by atoms with van der Waals surface area (Å²) in [5, 5.41) is 5.44. The number of amides is 2. The molecule has 1 heterocycles. The van der Waals surface area contributed by atoms with E-state index in [1.165, 1.54) is 11.8 Å². The molecule has 1 atom stereocenters. The molecule has 0 saturated heterocycles. The molecule has 9 heteroatoms. The number of thioether (sulfide) groups is 1. The molecule has 27 heavy (non-hydrogen) atoms. The van der Waals surface area contributed by atoms with E-state index in [0.717, 1.165) is 16.7 Å². The van der Waals surface area contributed by atoms with Gasteiger partial charge in [0.15, 0.2) is 0 Å². The number of benzene rings is 2. The normalized spacial score (nSPS) is 16.2. The van der Waals surface area contributed by atoms with Gasteiger partial charge in [-0.15, -0.1) is 11.8 Å². The first kappa shape index (κ1) is 19.2. The van der Waals surface area contributed by atoms with Crippen LogP contribution in [0, 0.1) is 0 Å². The average Bonchev–Trinajstić information content (AvgIpc) is 2.59. The van der Waals surface area contributed by atoms with Crippen LogP contribution in [-0.4, -0.2) is 31.7 Å². The number of rotatable bonds is 5. The molecule has 1 aliphatic rings. The van der Waals surface area contributed by atoms with Gasteiger partial charge in [-0.2, -0.15) is 0 Å². The minimum Gasteiger partial charge on any atom is -0.348 e. The third kappa shape index (κ3) is 5.01. The predicted octanol–water partition coefficient (Wildman–Crippen LogP) is 2.42. The number of hydrogen-bond acceptors (Lipinski definition) is 5. The first-order valence-electron chi connectivity index (χ1n) is 8.18. The van der Waals surface area contributed by atoms with Crippen molar-refractivity contribution in [3.63, 3.8) is 0 Å². The van der Waals surface area contributed by atoms with Gasteiger partial charge in [-0.3, -0.25) is 14.3 Å². The fraction of sp³-hybridized carbons (Fsp3) is 0.222. The molecule has 0 saturated carbocycles. The molecule has 2 aromatic carbocycles. The van der Waals surface area contributed by atoms with Crippen LogP contribution in [0.2, 0.25) is 0 Å². The monoisotopic (exact) mass is 405 g/mol. The summed E-state index contributed by atoms with van der Waals surface area (Å²) in [7, 11) is -3.36. The van der Waals surface area contributed by atoms with E-state index in [1.807, 2.05) is 13.0 Å². The second kappa shape index (κ2) is 7.61. The Morgan fingerprint density at radius 3 is 2.74 bits per heavy atom. The summed E-state index contributed by atoms with van der Waals surface area (Å²) < 4.78 is 25.0. The van der Waals surface area contributed by atoms with Gasteiger partial charge < -0.3 is 10.6 Å². The molecule has 3 rings (SSSR count). The number of carbonyl (C=O) groups excluding carboxylic acids is 2. The Kier molecular flexibility index (Phi) is 5.43. The summed E-state index contributed by atoms with van der Waals surface area (Å²) in [6, 6.07) is 12.0. The molecule has 0 radical (unpaired) electrons. The Morgan fingerprint density at radius 2 is 2.00 bits per heavy atom. The number of hydrogen-bond donors (Lipinski definition) is 3. The van der Waals surface area contributed by atoms with E-state index in [0.29, 0.717) is 16.9 Å². The third-order valence-corrected chi connectivity index (χ3v) is 5.64. The Morgan fingerprint density at radius 1 is 1.22 bits per heavy atom. The van der Waals surface area contributed by atoms with E-state index in [9.17, 15) is 18.0 Å². The summed E-state index contributed by atoms with van der Waals surface area (Å²) in [6.45, 7) is 2.07. The van der Waals surface area contributed by atoms with Gasteiger partial charge in [0, 0.05) is 22.7 Å². The van der Waals surface area contributed by atoms with Crippen LogP contribution < -0.4 is 15.4 Å². The molecule has 0 unspecified atom stereocenters. The standard InChI is InChI=1S/C18H19N3O4S2/c1-11-17(22)20-15-9-13(6-7-16(15)26-11)18(23)19-10-12-4-3-5-14(8-12)21-27(2,24)25/h3-9,11,21H,10H2,1-2H3,(H,19,23)(H,20,22)/t11-/m0/s1. The molecular weight excluding hydrogens is 386 g/mol. The summed E-state index contributed by atoms with van der Waals surface area (Å²) in [4.78, 5) is 25.1. The topological polar surface area (TPSA) is 104 Å². The molecule has 2 aromatic rings. The van der Waals surface area contributed by atoms with Gasteiger partial charge in [-0.1, -0.05) is 12.1 Å². The summed E-state index contributed by atoms with van der Waals surface area (Å²) in [6.07, 6.45) is 1.08. The molecule has 0 aromatic heterocycles. The minimum absolute atomic E-state index is 0.0831. The molecule has 0 aliphatic carbocycles. The quantitative estimate of drug-likeness (QED) is 0.709. The van der Waals surface area contributed by atoms with E-state index < -0.39 is 10.0 Å². The van der Waals surface area contributed by atoms with Crippen LogP contribution >= 0.6 is 11.8 Å². The number of sulfonamides is 1. The van der Waals surface area contributed by atoms with Crippen LogP contribution in [0.4, 0.5) is 11.4 Å². The van der Waals surface area contributed by atoms with Crippen molar-refractivity contribution in [2.45, 2.75) is 23.6 Å². The van der Waals surface area contributed by atoms with Crippen molar-refractivity contribution in [3.8, 4) is 0 Å². The first-order valence-corrected chi connectivity index (χ1v) is 10.9. The van der Waals surface area contributed by atoms with Crippen LogP contribution in [0.25, 0.3) is 0 Å². The molecule has 7 nitrogen and oxygen atoms in total.